The molecule has 19 heavy (non-hydrogen) atoms. The lowest BCUT2D eigenvalue weighted by atomic mass is 10.5. The molecular weight excluding hydrogens is 252 g/mol. The molecule has 0 atom stereocenters. The van der Waals surface area contributed by atoms with Crippen LogP contribution in [-0.4, -0.2) is 53.0 Å². The second-order valence-electron chi connectivity index (χ2n) is 3.52. The van der Waals surface area contributed by atoms with Crippen molar-refractivity contribution in [2.75, 3.05) is 43.7 Å². The van der Waals surface area contributed by atoms with E-state index in [-0.39, 0.29) is 18.6 Å². The molecule has 0 saturated carbocycles. The molecule has 0 saturated heterocycles. The Labute approximate surface area is 111 Å². The molecule has 0 bridgehead atoms. The van der Waals surface area contributed by atoms with E-state index in [2.05, 4.69) is 25.7 Å². The zero-order chi connectivity index (χ0) is 13.9. The summed E-state index contributed by atoms with van der Waals surface area (Å²) in [6.07, 6.45) is 0.856. The topological polar surface area (TPSA) is 127 Å². The van der Waals surface area contributed by atoms with Crippen molar-refractivity contribution >= 4 is 11.9 Å². The number of nitrogen functional groups attached to an aromatic ring is 1. The van der Waals surface area contributed by atoms with Crippen LogP contribution in [0.15, 0.2) is 0 Å². The highest BCUT2D eigenvalue weighted by atomic mass is 16.5. The molecule has 0 unspecified atom stereocenters. The molecule has 0 amide bonds. The maximum Gasteiger partial charge on any atom is 0.323 e. The number of aliphatic hydroxyl groups is 1. The summed E-state index contributed by atoms with van der Waals surface area (Å²) in [5.74, 6) is 5.84. The fourth-order valence-corrected chi connectivity index (χ4v) is 1.16. The summed E-state index contributed by atoms with van der Waals surface area (Å²) in [5.41, 5.74) is 2.35. The molecule has 0 fully saturated rings. The molecule has 1 heterocycles. The average molecular weight is 272 g/mol. The number of aromatic nitrogens is 3. The van der Waals surface area contributed by atoms with Crippen molar-refractivity contribution in [3.05, 3.63) is 0 Å². The highest BCUT2D eigenvalue weighted by Gasteiger charge is 2.06. The first-order valence-electron chi connectivity index (χ1n) is 6.08. The van der Waals surface area contributed by atoms with Crippen LogP contribution in [0.4, 0.5) is 11.9 Å². The molecule has 9 nitrogen and oxygen atoms in total. The highest BCUT2D eigenvalue weighted by molar-refractivity contribution is 5.34. The lowest BCUT2D eigenvalue weighted by Crippen LogP contribution is -2.17. The number of hydrogen-bond donors (Lipinski definition) is 4. The Morgan fingerprint density at radius 2 is 1.95 bits per heavy atom. The summed E-state index contributed by atoms with van der Waals surface area (Å²) in [7, 11) is 0. The molecule has 1 aromatic rings. The highest BCUT2D eigenvalue weighted by Crippen LogP contribution is 2.10. The third kappa shape index (κ3) is 6.13. The van der Waals surface area contributed by atoms with E-state index in [9.17, 15) is 0 Å². The van der Waals surface area contributed by atoms with Crippen molar-refractivity contribution in [1.29, 1.82) is 0 Å². The van der Waals surface area contributed by atoms with Gasteiger partial charge in [0.15, 0.2) is 0 Å². The molecule has 1 rings (SSSR count). The van der Waals surface area contributed by atoms with Gasteiger partial charge in [0.25, 0.3) is 0 Å². The first-order chi connectivity index (χ1) is 9.30. The molecule has 0 aromatic carbocycles. The number of nitrogens with zero attached hydrogens (tertiary/aromatic N) is 3. The number of hydrogen-bond acceptors (Lipinski definition) is 9. The van der Waals surface area contributed by atoms with E-state index in [0.717, 1.165) is 6.42 Å². The molecule has 9 heteroatoms. The molecule has 1 aromatic heterocycles. The summed E-state index contributed by atoms with van der Waals surface area (Å²) in [6.45, 7) is 3.75. The minimum atomic E-state index is 0.00199. The van der Waals surface area contributed by atoms with Crippen molar-refractivity contribution in [2.24, 2.45) is 5.84 Å². The summed E-state index contributed by atoms with van der Waals surface area (Å²) in [6, 6.07) is 0.212. The molecular formula is C10H20N6O3. The van der Waals surface area contributed by atoms with Gasteiger partial charge in [0.2, 0.25) is 11.9 Å². The third-order valence-electron chi connectivity index (χ3n) is 1.94. The smallest absolute Gasteiger partial charge is 0.323 e. The number of hydrazine groups is 1. The molecule has 108 valence electrons. The molecule has 0 radical (unpaired) electrons. The number of ether oxygens (including phenoxy) is 2. The Bertz CT molecular complexity index is 365. The van der Waals surface area contributed by atoms with Gasteiger partial charge in [0, 0.05) is 6.54 Å². The first kappa shape index (κ1) is 15.3. The molecule has 0 aliphatic carbocycles. The van der Waals surface area contributed by atoms with Crippen molar-refractivity contribution in [3.8, 4) is 6.01 Å². The number of nitrogens with two attached hydrogens (primary N) is 1. The van der Waals surface area contributed by atoms with E-state index in [1.165, 1.54) is 0 Å². The molecule has 0 aliphatic rings. The lowest BCUT2D eigenvalue weighted by Gasteiger charge is -2.09. The predicted octanol–water partition coefficient (Wildman–Crippen LogP) is -0.633. The fourth-order valence-electron chi connectivity index (χ4n) is 1.16. The van der Waals surface area contributed by atoms with Crippen LogP contribution in [0.3, 0.4) is 0 Å². The Kier molecular flexibility index (Phi) is 7.47. The Balaban J connectivity index is 2.50. The van der Waals surface area contributed by atoms with Crippen LogP contribution in [0.1, 0.15) is 13.3 Å². The van der Waals surface area contributed by atoms with Crippen LogP contribution in [0.5, 0.6) is 6.01 Å². The van der Waals surface area contributed by atoms with E-state index in [1.54, 1.807) is 0 Å². The van der Waals surface area contributed by atoms with Crippen LogP contribution in [0, 0.1) is 0 Å². The SMILES string of the molecule is CCCOc1nc(NN)nc(NCCOCCO)n1. The van der Waals surface area contributed by atoms with Gasteiger partial charge in [-0.05, 0) is 6.42 Å². The number of anilines is 2. The van der Waals surface area contributed by atoms with E-state index in [1.807, 2.05) is 6.92 Å². The van der Waals surface area contributed by atoms with Gasteiger partial charge in [-0.2, -0.15) is 15.0 Å². The van der Waals surface area contributed by atoms with Crippen molar-refractivity contribution < 1.29 is 14.6 Å². The summed E-state index contributed by atoms with van der Waals surface area (Å²) >= 11 is 0. The second-order valence-corrected chi connectivity index (χ2v) is 3.52. The standard InChI is InChI=1S/C10H20N6O3/c1-2-5-19-10-14-8(13-9(15-10)16-11)12-3-6-18-7-4-17/h17H,2-7,11H2,1H3,(H2,12,13,14,15,16). The third-order valence-corrected chi connectivity index (χ3v) is 1.94. The van der Waals surface area contributed by atoms with Crippen molar-refractivity contribution in [1.82, 2.24) is 15.0 Å². The van der Waals surface area contributed by atoms with Gasteiger partial charge in [-0.1, -0.05) is 6.92 Å². The Morgan fingerprint density at radius 1 is 1.16 bits per heavy atom. The molecule has 5 N–H and O–H groups in total. The second kappa shape index (κ2) is 9.25. The number of aliphatic hydroxyl groups excluding tert-OH is 1. The maximum atomic E-state index is 8.55. The van der Waals surface area contributed by atoms with Gasteiger partial charge in [-0.15, -0.1) is 0 Å². The summed E-state index contributed by atoms with van der Waals surface area (Å²) < 4.78 is 10.4. The fraction of sp³-hybridized carbons (Fsp3) is 0.700. The van der Waals surface area contributed by atoms with Gasteiger partial charge in [-0.25, -0.2) is 5.84 Å². The van der Waals surface area contributed by atoms with E-state index in [4.69, 9.17) is 20.4 Å². The Hall–Kier alpha value is -1.71. The van der Waals surface area contributed by atoms with Crippen LogP contribution < -0.4 is 21.3 Å². The van der Waals surface area contributed by atoms with Crippen LogP contribution in [0.2, 0.25) is 0 Å². The van der Waals surface area contributed by atoms with Crippen molar-refractivity contribution in [2.45, 2.75) is 13.3 Å². The maximum absolute atomic E-state index is 8.55. The Morgan fingerprint density at radius 3 is 2.63 bits per heavy atom. The van der Waals surface area contributed by atoms with E-state index >= 15 is 0 Å². The predicted molar refractivity (Wildman–Crippen MR) is 69.8 cm³/mol. The monoisotopic (exact) mass is 272 g/mol. The molecule has 0 aliphatic heterocycles. The average Bonchev–Trinajstić information content (AvgIpc) is 2.44. The van der Waals surface area contributed by atoms with Crippen molar-refractivity contribution in [3.63, 3.8) is 0 Å². The van der Waals surface area contributed by atoms with Gasteiger partial charge in [-0.3, -0.25) is 5.43 Å². The van der Waals surface area contributed by atoms with E-state index in [0.29, 0.717) is 32.3 Å². The van der Waals surface area contributed by atoms with Gasteiger partial charge >= 0.3 is 6.01 Å². The van der Waals surface area contributed by atoms with Crippen LogP contribution >= 0.6 is 0 Å². The van der Waals surface area contributed by atoms with Gasteiger partial charge in [0.05, 0.1) is 26.4 Å². The minimum absolute atomic E-state index is 0.00199. The minimum Gasteiger partial charge on any atom is -0.463 e. The molecule has 0 spiro atoms. The normalized spacial score (nSPS) is 10.3. The van der Waals surface area contributed by atoms with Crippen LogP contribution in [-0.2, 0) is 4.74 Å². The first-order valence-corrected chi connectivity index (χ1v) is 6.08. The lowest BCUT2D eigenvalue weighted by molar-refractivity contribution is 0.0991. The zero-order valence-corrected chi connectivity index (χ0v) is 10.9. The van der Waals surface area contributed by atoms with Gasteiger partial charge in [0.1, 0.15) is 0 Å². The van der Waals surface area contributed by atoms with E-state index < -0.39 is 0 Å². The van der Waals surface area contributed by atoms with Crippen LogP contribution in [0.25, 0.3) is 0 Å². The number of rotatable bonds is 10. The summed E-state index contributed by atoms with van der Waals surface area (Å²) in [4.78, 5) is 12.1. The quantitative estimate of drug-likeness (QED) is 0.250. The van der Waals surface area contributed by atoms with Gasteiger partial charge < -0.3 is 19.9 Å². The number of nitrogens with one attached hydrogen (secondary N) is 2. The zero-order valence-electron chi connectivity index (χ0n) is 10.9. The summed E-state index contributed by atoms with van der Waals surface area (Å²) in [5, 5.41) is 11.5. The largest absolute Gasteiger partial charge is 0.463 e.